The zero-order valence-electron chi connectivity index (χ0n) is 18.3. The van der Waals surface area contributed by atoms with Crippen molar-refractivity contribution in [1.29, 1.82) is 0 Å². The van der Waals surface area contributed by atoms with Crippen molar-refractivity contribution in [3.8, 4) is 0 Å². The van der Waals surface area contributed by atoms with Crippen LogP contribution in [0.25, 0.3) is 0 Å². The van der Waals surface area contributed by atoms with Crippen LogP contribution in [0.3, 0.4) is 0 Å². The van der Waals surface area contributed by atoms with Crippen LogP contribution in [0, 0.1) is 5.92 Å². The molecule has 2 aliphatic heterocycles. The van der Waals surface area contributed by atoms with Crippen molar-refractivity contribution in [2.75, 3.05) is 6.61 Å². The molecule has 3 aliphatic rings. The Morgan fingerprint density at radius 2 is 1.79 bits per heavy atom. The van der Waals surface area contributed by atoms with E-state index in [2.05, 4.69) is 33.9 Å². The molecule has 2 heterocycles. The van der Waals surface area contributed by atoms with E-state index in [9.17, 15) is 9.59 Å². The second kappa shape index (κ2) is 8.11. The average molecular weight is 420 g/mol. The van der Waals surface area contributed by atoms with Crippen LogP contribution < -0.4 is 0 Å². The van der Waals surface area contributed by atoms with E-state index in [-0.39, 0.29) is 54.4 Å². The number of fused-ring (bicyclic) bond motifs is 1. The highest BCUT2D eigenvalue weighted by Gasteiger charge is 2.63. The van der Waals surface area contributed by atoms with Crippen LogP contribution in [-0.4, -0.2) is 50.1 Å². The first-order chi connectivity index (χ1) is 13.5. The van der Waals surface area contributed by atoms with E-state index < -0.39 is 8.32 Å². The van der Waals surface area contributed by atoms with Gasteiger partial charge in [0.1, 0.15) is 13.2 Å². The van der Waals surface area contributed by atoms with Gasteiger partial charge in [0.25, 0.3) is 0 Å². The van der Waals surface area contributed by atoms with Gasteiger partial charge in [0.05, 0.1) is 18.2 Å². The van der Waals surface area contributed by atoms with Crippen LogP contribution in [-0.2, 0) is 25.3 Å². The lowest BCUT2D eigenvalue weighted by atomic mass is 9.80. The fraction of sp³-hybridized carbons (Fsp3) is 0.636. The zero-order chi connectivity index (χ0) is 21.4. The van der Waals surface area contributed by atoms with Gasteiger partial charge in [-0.25, -0.2) is 4.79 Å². The molecule has 1 aliphatic carbocycles. The number of carbonyl (C=O) groups excluding carboxylic acids is 2. The first kappa shape index (κ1) is 21.8. The number of ether oxygens (including phenoxy) is 2. The number of nitrogens with zero attached hydrogens (tertiary/aromatic N) is 1. The molecule has 1 aromatic carbocycles. The van der Waals surface area contributed by atoms with Crippen molar-refractivity contribution in [2.24, 2.45) is 5.92 Å². The second-order valence-corrected chi connectivity index (χ2v) is 14.4. The Hall–Kier alpha value is -1.86. The van der Waals surface area contributed by atoms with Crippen molar-refractivity contribution in [1.82, 2.24) is 4.90 Å². The smallest absolute Gasteiger partial charge is 0.410 e. The topological polar surface area (TPSA) is 65.1 Å². The molecule has 7 heteroatoms. The van der Waals surface area contributed by atoms with Crippen LogP contribution in [0.2, 0.25) is 18.1 Å². The molecule has 4 rings (SSSR count). The third-order valence-corrected chi connectivity index (χ3v) is 11.1. The number of benzene rings is 1. The van der Waals surface area contributed by atoms with Gasteiger partial charge in [-0.2, -0.15) is 0 Å². The van der Waals surface area contributed by atoms with Crippen molar-refractivity contribution in [3.05, 3.63) is 35.9 Å². The Bertz CT molecular complexity index is 745. The molecule has 2 saturated heterocycles. The molecule has 0 radical (unpaired) electrons. The van der Waals surface area contributed by atoms with Crippen molar-refractivity contribution in [3.63, 3.8) is 0 Å². The lowest BCUT2D eigenvalue weighted by Gasteiger charge is -2.45. The predicted molar refractivity (Wildman–Crippen MR) is 113 cm³/mol. The lowest BCUT2D eigenvalue weighted by Crippen LogP contribution is -2.54. The Labute approximate surface area is 174 Å². The van der Waals surface area contributed by atoms with Crippen LogP contribution in [0.15, 0.2) is 30.3 Å². The first-order valence-electron chi connectivity index (χ1n) is 10.3. The summed E-state index contributed by atoms with van der Waals surface area (Å²) < 4.78 is 17.5. The number of amides is 1. The summed E-state index contributed by atoms with van der Waals surface area (Å²) in [6.45, 7) is 12.9. The summed E-state index contributed by atoms with van der Waals surface area (Å²) in [6.07, 6.45) is 0.492. The number of esters is 1. The number of hydrogen-bond acceptors (Lipinski definition) is 5. The molecule has 6 nitrogen and oxygen atoms in total. The molecule has 3 fully saturated rings. The average Bonchev–Trinajstić information content (AvgIpc) is 3.15. The summed E-state index contributed by atoms with van der Waals surface area (Å²) in [5.41, 5.74) is 0.943. The summed E-state index contributed by atoms with van der Waals surface area (Å²) in [5.74, 6) is -0.161. The van der Waals surface area contributed by atoms with Crippen LogP contribution in [0.1, 0.15) is 39.7 Å². The minimum Gasteiger partial charge on any atom is -0.464 e. The monoisotopic (exact) mass is 419 g/mol. The third-order valence-electron chi connectivity index (χ3n) is 6.63. The van der Waals surface area contributed by atoms with E-state index in [0.29, 0.717) is 0 Å². The molecular formula is C22H33NO5Si. The molecule has 0 N–H and O–H groups in total. The van der Waals surface area contributed by atoms with Gasteiger partial charge in [-0.1, -0.05) is 51.1 Å². The van der Waals surface area contributed by atoms with Crippen molar-refractivity contribution in [2.45, 2.75) is 77.0 Å². The van der Waals surface area contributed by atoms with Crippen LogP contribution in [0.5, 0.6) is 0 Å². The highest BCUT2D eigenvalue weighted by Crippen LogP contribution is 2.51. The summed E-state index contributed by atoms with van der Waals surface area (Å²) in [5, 5.41) is 0.0893. The molecule has 160 valence electrons. The van der Waals surface area contributed by atoms with E-state index in [1.807, 2.05) is 30.3 Å². The minimum absolute atomic E-state index is 0.0132. The fourth-order valence-corrected chi connectivity index (χ4v) is 5.26. The second-order valence-electron chi connectivity index (χ2n) is 9.63. The van der Waals surface area contributed by atoms with Gasteiger partial charge >= 0.3 is 12.1 Å². The van der Waals surface area contributed by atoms with Gasteiger partial charge in [-0.3, -0.25) is 9.69 Å². The SMILES string of the molecule is CC(=O)OC[C@H]1[C@H]2C[C@H]([C@H]2O[Si](C)(C)C(C)(C)C)N1C(=O)OCc1ccccc1. The predicted octanol–water partition coefficient (Wildman–Crippen LogP) is 4.35. The third kappa shape index (κ3) is 4.51. The van der Waals surface area contributed by atoms with Gasteiger partial charge in [-0.15, -0.1) is 0 Å². The molecule has 1 amide bonds. The van der Waals surface area contributed by atoms with Gasteiger partial charge in [0, 0.05) is 12.8 Å². The summed E-state index contributed by atoms with van der Waals surface area (Å²) in [6, 6.07) is 9.41. The van der Waals surface area contributed by atoms with Gasteiger partial charge < -0.3 is 13.9 Å². The van der Waals surface area contributed by atoms with E-state index in [1.165, 1.54) is 6.92 Å². The van der Waals surface area contributed by atoms with Gasteiger partial charge in [-0.05, 0) is 30.1 Å². The van der Waals surface area contributed by atoms with Crippen LogP contribution >= 0.6 is 0 Å². The first-order valence-corrected chi connectivity index (χ1v) is 13.2. The summed E-state index contributed by atoms with van der Waals surface area (Å²) in [4.78, 5) is 26.1. The van der Waals surface area contributed by atoms with Crippen LogP contribution in [0.4, 0.5) is 4.79 Å². The van der Waals surface area contributed by atoms with E-state index >= 15 is 0 Å². The zero-order valence-corrected chi connectivity index (χ0v) is 19.3. The Kier molecular flexibility index (Phi) is 6.10. The maximum absolute atomic E-state index is 12.9. The van der Waals surface area contributed by atoms with E-state index in [0.717, 1.165) is 12.0 Å². The molecule has 0 unspecified atom stereocenters. The molecule has 1 aromatic rings. The Morgan fingerprint density at radius 3 is 2.38 bits per heavy atom. The van der Waals surface area contributed by atoms with E-state index in [1.54, 1.807) is 4.90 Å². The standard InChI is InChI=1S/C22H33NO5Si/c1-15(24)26-14-19-17-12-18(20(17)28-29(5,6)22(2,3)4)23(19)21(25)27-13-16-10-8-7-9-11-16/h7-11,17-20H,12-14H2,1-6H3/t17-,18-,19+,20+/m1/s1. The maximum Gasteiger partial charge on any atom is 0.410 e. The molecule has 0 spiro atoms. The highest BCUT2D eigenvalue weighted by atomic mass is 28.4. The van der Waals surface area contributed by atoms with E-state index in [4.69, 9.17) is 13.9 Å². The number of hydrogen-bond donors (Lipinski definition) is 0. The van der Waals surface area contributed by atoms with Gasteiger partial charge in [0.2, 0.25) is 0 Å². The molecule has 4 atom stereocenters. The molecular weight excluding hydrogens is 386 g/mol. The molecule has 29 heavy (non-hydrogen) atoms. The largest absolute Gasteiger partial charge is 0.464 e. The fourth-order valence-electron chi connectivity index (χ4n) is 3.89. The normalized spacial score (nSPS) is 26.1. The summed E-state index contributed by atoms with van der Waals surface area (Å²) >= 11 is 0. The maximum atomic E-state index is 12.9. The Morgan fingerprint density at radius 1 is 1.14 bits per heavy atom. The molecule has 2 bridgehead atoms. The molecule has 0 aromatic heterocycles. The molecule has 1 saturated carbocycles. The highest BCUT2D eigenvalue weighted by molar-refractivity contribution is 6.74. The quantitative estimate of drug-likeness (QED) is 0.507. The van der Waals surface area contributed by atoms with Gasteiger partial charge in [0.15, 0.2) is 8.32 Å². The number of carbonyl (C=O) groups is 2. The lowest BCUT2D eigenvalue weighted by molar-refractivity contribution is -0.142. The minimum atomic E-state index is -1.98. The van der Waals surface area contributed by atoms with Crippen molar-refractivity contribution < 1.29 is 23.5 Å². The van der Waals surface area contributed by atoms with Crippen molar-refractivity contribution >= 4 is 20.4 Å². The summed E-state index contributed by atoms with van der Waals surface area (Å²) in [7, 11) is -1.98. The number of rotatable bonds is 6. The Balaban J connectivity index is 1.71.